The van der Waals surface area contributed by atoms with E-state index < -0.39 is 30.9 Å². The number of piperidine rings is 1. The van der Waals surface area contributed by atoms with Crippen molar-refractivity contribution in [3.8, 4) is 0 Å². The number of alkyl halides is 5. The van der Waals surface area contributed by atoms with Crippen LogP contribution in [0, 0.1) is 0 Å². The number of sulfonamides is 2. The van der Waals surface area contributed by atoms with Crippen LogP contribution in [-0.2, 0) is 20.0 Å². The third-order valence-corrected chi connectivity index (χ3v) is 6.58. The fourth-order valence-electron chi connectivity index (χ4n) is 1.61. The third-order valence-electron chi connectivity index (χ3n) is 2.52. The van der Waals surface area contributed by atoms with E-state index in [1.165, 1.54) is 0 Å². The molecule has 0 spiro atoms. The summed E-state index contributed by atoms with van der Waals surface area (Å²) in [5.41, 5.74) is 0. The highest BCUT2D eigenvalue weighted by Gasteiger charge is 2.62. The minimum atomic E-state index is -6.46. The van der Waals surface area contributed by atoms with Gasteiger partial charge in [0, 0.05) is 13.1 Å². The standard InChI is InChI=1S/C7H11F5N2O4S2/c8-6(9,10)13-19(15,16)7(11,12)20(17,18)14-4-2-1-3-5-14/h13H,1-5H2. The highest BCUT2D eigenvalue weighted by Crippen LogP contribution is 2.33. The molecule has 0 aromatic rings. The van der Waals surface area contributed by atoms with Crippen molar-refractivity contribution in [2.75, 3.05) is 13.1 Å². The van der Waals surface area contributed by atoms with Crippen LogP contribution in [0.1, 0.15) is 19.3 Å². The second-order valence-corrected chi connectivity index (χ2v) is 7.99. The predicted molar refractivity (Wildman–Crippen MR) is 57.4 cm³/mol. The van der Waals surface area contributed by atoms with E-state index in [-0.39, 0.29) is 35.0 Å². The van der Waals surface area contributed by atoms with E-state index >= 15 is 0 Å². The van der Waals surface area contributed by atoms with Gasteiger partial charge in [-0.2, -0.15) is 26.3 Å². The van der Waals surface area contributed by atoms with Crippen molar-refractivity contribution >= 4 is 20.0 Å². The molecule has 0 unspecified atom stereocenters. The van der Waals surface area contributed by atoms with Crippen LogP contribution in [0.25, 0.3) is 0 Å². The van der Waals surface area contributed by atoms with Gasteiger partial charge in [-0.3, -0.25) is 0 Å². The fraction of sp³-hybridized carbons (Fsp3) is 1.00. The lowest BCUT2D eigenvalue weighted by Crippen LogP contribution is -2.55. The van der Waals surface area contributed by atoms with E-state index in [1.807, 2.05) is 0 Å². The van der Waals surface area contributed by atoms with Crippen molar-refractivity contribution < 1.29 is 38.8 Å². The Hall–Kier alpha value is -0.530. The summed E-state index contributed by atoms with van der Waals surface area (Å²) in [6.45, 7) is -0.723. The fourth-order valence-corrected chi connectivity index (χ4v) is 4.62. The lowest BCUT2D eigenvalue weighted by atomic mass is 10.2. The van der Waals surface area contributed by atoms with Gasteiger partial charge < -0.3 is 0 Å². The normalized spacial score (nSPS) is 20.1. The van der Waals surface area contributed by atoms with Crippen molar-refractivity contribution in [3.05, 3.63) is 0 Å². The Bertz CT molecular complexity index is 550. The minimum absolute atomic E-state index is 0.187. The molecule has 0 aromatic heterocycles. The molecule has 6 nitrogen and oxygen atoms in total. The molecular formula is C7H11F5N2O4S2. The first-order valence-electron chi connectivity index (χ1n) is 5.29. The molecule has 0 aromatic carbocycles. The summed E-state index contributed by atoms with van der Waals surface area (Å²) in [5, 5.41) is 0. The van der Waals surface area contributed by atoms with Crippen molar-refractivity contribution in [1.82, 2.24) is 9.03 Å². The molecule has 1 N–H and O–H groups in total. The number of rotatable bonds is 4. The van der Waals surface area contributed by atoms with E-state index in [9.17, 15) is 38.8 Å². The van der Waals surface area contributed by atoms with Crippen LogP contribution in [0.4, 0.5) is 22.0 Å². The van der Waals surface area contributed by atoms with Gasteiger partial charge >= 0.3 is 20.9 Å². The summed E-state index contributed by atoms with van der Waals surface area (Å²) in [6, 6.07) is 0. The largest absolute Gasteiger partial charge is 0.473 e. The Morgan fingerprint density at radius 3 is 1.70 bits per heavy atom. The number of hydrogen-bond donors (Lipinski definition) is 1. The molecule has 0 radical (unpaired) electrons. The van der Waals surface area contributed by atoms with Gasteiger partial charge in [-0.05, 0) is 12.8 Å². The molecule has 0 bridgehead atoms. The first-order chi connectivity index (χ1) is 8.81. The minimum Gasteiger partial charge on any atom is -0.205 e. The molecule has 1 aliphatic rings. The van der Waals surface area contributed by atoms with Crippen LogP contribution in [-0.4, -0.2) is 45.1 Å². The Morgan fingerprint density at radius 1 is 0.850 bits per heavy atom. The molecule has 0 atom stereocenters. The maximum absolute atomic E-state index is 13.5. The molecule has 0 aliphatic carbocycles. The van der Waals surface area contributed by atoms with Crippen LogP contribution < -0.4 is 4.72 Å². The molecule has 13 heteroatoms. The number of nitrogens with zero attached hydrogens (tertiary/aromatic N) is 1. The maximum Gasteiger partial charge on any atom is 0.473 e. The van der Waals surface area contributed by atoms with Gasteiger partial charge in [0.15, 0.2) is 0 Å². The maximum atomic E-state index is 13.5. The van der Waals surface area contributed by atoms with E-state index in [4.69, 9.17) is 0 Å². The summed E-state index contributed by atoms with van der Waals surface area (Å²) in [6.07, 6.45) is -4.69. The summed E-state index contributed by atoms with van der Waals surface area (Å²) in [5.74, 6) is 0. The van der Waals surface area contributed by atoms with Gasteiger partial charge in [-0.25, -0.2) is 16.8 Å². The lowest BCUT2D eigenvalue weighted by Gasteiger charge is -2.29. The SMILES string of the molecule is O=S(=O)(NC(F)(F)F)C(F)(F)S(=O)(=O)N1CCCCC1. The zero-order chi connectivity index (χ0) is 15.8. The van der Waals surface area contributed by atoms with Crippen LogP contribution in [0.15, 0.2) is 0 Å². The number of nitrogens with one attached hydrogen (secondary N) is 1. The molecule has 20 heavy (non-hydrogen) atoms. The van der Waals surface area contributed by atoms with Crippen LogP contribution >= 0.6 is 0 Å². The Kier molecular flexibility index (Phi) is 4.68. The molecule has 1 saturated heterocycles. The molecule has 0 saturated carbocycles. The molecule has 120 valence electrons. The smallest absolute Gasteiger partial charge is 0.205 e. The first-order valence-corrected chi connectivity index (χ1v) is 8.21. The average Bonchev–Trinajstić information content (AvgIpc) is 2.26. The zero-order valence-corrected chi connectivity index (χ0v) is 11.5. The molecule has 1 rings (SSSR count). The summed E-state index contributed by atoms with van der Waals surface area (Å²) in [7, 11) is -12.2. The molecule has 1 aliphatic heterocycles. The Balaban J connectivity index is 3.14. The van der Waals surface area contributed by atoms with E-state index in [1.54, 1.807) is 0 Å². The van der Waals surface area contributed by atoms with Gasteiger partial charge in [0.25, 0.3) is 10.0 Å². The second-order valence-electron chi connectivity index (χ2n) is 4.03. The quantitative estimate of drug-likeness (QED) is 0.603. The second kappa shape index (κ2) is 5.35. The van der Waals surface area contributed by atoms with Crippen molar-refractivity contribution in [2.45, 2.75) is 30.1 Å². The van der Waals surface area contributed by atoms with Gasteiger partial charge in [0.05, 0.1) is 0 Å². The van der Waals surface area contributed by atoms with E-state index in [2.05, 4.69) is 0 Å². The summed E-state index contributed by atoms with van der Waals surface area (Å²) < 4.78 is 102. The summed E-state index contributed by atoms with van der Waals surface area (Å²) in [4.78, 5) is 0. The zero-order valence-electron chi connectivity index (χ0n) is 9.82. The molecule has 0 amide bonds. The van der Waals surface area contributed by atoms with Crippen molar-refractivity contribution in [1.29, 1.82) is 0 Å². The topological polar surface area (TPSA) is 83.5 Å². The van der Waals surface area contributed by atoms with Gasteiger partial charge in [0.1, 0.15) is 0 Å². The first kappa shape index (κ1) is 17.5. The van der Waals surface area contributed by atoms with E-state index in [0.717, 1.165) is 0 Å². The Labute approximate surface area is 112 Å². The lowest BCUT2D eigenvalue weighted by molar-refractivity contribution is -0.139. The van der Waals surface area contributed by atoms with Crippen LogP contribution in [0.3, 0.4) is 0 Å². The van der Waals surface area contributed by atoms with E-state index in [0.29, 0.717) is 6.42 Å². The highest BCUT2D eigenvalue weighted by molar-refractivity contribution is 8.07. The highest BCUT2D eigenvalue weighted by atomic mass is 32.3. The predicted octanol–water partition coefficient (Wildman–Crippen LogP) is 0.792. The van der Waals surface area contributed by atoms with Crippen LogP contribution in [0.2, 0.25) is 0 Å². The summed E-state index contributed by atoms with van der Waals surface area (Å²) >= 11 is 0. The van der Waals surface area contributed by atoms with Gasteiger partial charge in [-0.15, -0.1) is 4.72 Å². The van der Waals surface area contributed by atoms with Crippen LogP contribution in [0.5, 0.6) is 0 Å². The van der Waals surface area contributed by atoms with Gasteiger partial charge in [0.2, 0.25) is 0 Å². The molecule has 1 fully saturated rings. The molecule has 1 heterocycles. The number of halogens is 5. The van der Waals surface area contributed by atoms with Crippen molar-refractivity contribution in [2.24, 2.45) is 0 Å². The molecular weight excluding hydrogens is 335 g/mol. The third kappa shape index (κ3) is 3.38. The van der Waals surface area contributed by atoms with Gasteiger partial charge in [-0.1, -0.05) is 6.42 Å². The number of hydrogen-bond acceptors (Lipinski definition) is 4. The monoisotopic (exact) mass is 346 g/mol. The van der Waals surface area contributed by atoms with Crippen molar-refractivity contribution in [3.63, 3.8) is 0 Å². The Morgan fingerprint density at radius 2 is 1.30 bits per heavy atom. The average molecular weight is 346 g/mol.